The lowest BCUT2D eigenvalue weighted by atomic mass is 10.2. The maximum Gasteiger partial charge on any atom is 0.0957 e. The molecular formula is C17H16Cl3N4S-. The van der Waals surface area contributed by atoms with E-state index in [1.54, 1.807) is 30.0 Å². The maximum atomic E-state index is 7.05. The Kier molecular flexibility index (Phi) is 8.58. The Morgan fingerprint density at radius 1 is 1.08 bits per heavy atom. The number of nitrogens with zero attached hydrogens (tertiary/aromatic N) is 2. The van der Waals surface area contributed by atoms with Crippen LogP contribution in [0.25, 0.3) is 5.73 Å². The molecule has 0 amide bonds. The first kappa shape index (κ1) is 20.1. The minimum absolute atomic E-state index is 0.0840. The van der Waals surface area contributed by atoms with Gasteiger partial charge in [-0.25, -0.2) is 4.99 Å². The van der Waals surface area contributed by atoms with Crippen LogP contribution in [0.5, 0.6) is 0 Å². The van der Waals surface area contributed by atoms with Crippen LogP contribution in [0.2, 0.25) is 15.1 Å². The molecule has 0 spiro atoms. The smallest absolute Gasteiger partial charge is 0.0957 e. The Labute approximate surface area is 166 Å². The molecule has 0 saturated heterocycles. The Bertz CT molecular complexity index is 748. The van der Waals surface area contributed by atoms with E-state index in [1.165, 1.54) is 6.34 Å². The molecule has 0 fully saturated rings. The predicted molar refractivity (Wildman–Crippen MR) is 112 cm³/mol. The molecule has 25 heavy (non-hydrogen) atoms. The molecule has 0 bridgehead atoms. The van der Waals surface area contributed by atoms with Crippen LogP contribution < -0.4 is 5.32 Å². The number of nitrogens with one attached hydrogen (secondary N) is 2. The predicted octanol–water partition coefficient (Wildman–Crippen LogP) is 6.24. The van der Waals surface area contributed by atoms with Gasteiger partial charge in [0.15, 0.2) is 0 Å². The second-order valence-corrected chi connectivity index (χ2v) is 7.19. The van der Waals surface area contributed by atoms with Gasteiger partial charge in [-0.1, -0.05) is 47.5 Å². The summed E-state index contributed by atoms with van der Waals surface area (Å²) in [6.07, 6.45) is 1.51. The fraction of sp³-hybridized carbons (Fsp3) is 0.176. The monoisotopic (exact) mass is 413 g/mol. The van der Waals surface area contributed by atoms with Gasteiger partial charge in [-0.3, -0.25) is 4.99 Å². The average Bonchev–Trinajstić information content (AvgIpc) is 2.59. The van der Waals surface area contributed by atoms with Crippen molar-refractivity contribution >= 4 is 63.6 Å². The first-order chi connectivity index (χ1) is 12.1. The first-order valence-electron chi connectivity index (χ1n) is 7.34. The van der Waals surface area contributed by atoms with Gasteiger partial charge in [0, 0.05) is 20.8 Å². The van der Waals surface area contributed by atoms with Crippen LogP contribution in [0.3, 0.4) is 0 Å². The summed E-state index contributed by atoms with van der Waals surface area (Å²) in [6.45, 7) is 0.492. The molecule has 132 valence electrons. The van der Waals surface area contributed by atoms with Gasteiger partial charge in [0.2, 0.25) is 0 Å². The minimum Gasteiger partial charge on any atom is -0.660 e. The summed E-state index contributed by atoms with van der Waals surface area (Å²) in [4.78, 5) is 8.86. The number of aliphatic imine (C=N–C) groups is 2. The molecule has 2 aromatic carbocycles. The highest BCUT2D eigenvalue weighted by atomic mass is 35.5. The molecule has 0 aromatic heterocycles. The summed E-state index contributed by atoms with van der Waals surface area (Å²) in [5.74, 6) is 0.657. The number of thioether (sulfide) groups is 1. The molecule has 0 radical (unpaired) electrons. The molecule has 0 heterocycles. The van der Waals surface area contributed by atoms with Crippen LogP contribution in [0, 0.1) is 0 Å². The lowest BCUT2D eigenvalue weighted by Gasteiger charge is -2.07. The third-order valence-corrected chi connectivity index (χ3v) is 4.85. The lowest BCUT2D eigenvalue weighted by Crippen LogP contribution is -2.10. The number of halogens is 3. The average molecular weight is 415 g/mol. The van der Waals surface area contributed by atoms with Crippen LogP contribution in [-0.2, 0) is 5.75 Å². The van der Waals surface area contributed by atoms with Crippen molar-refractivity contribution in [2.75, 3.05) is 13.2 Å². The van der Waals surface area contributed by atoms with Crippen molar-refractivity contribution in [3.63, 3.8) is 0 Å². The fourth-order valence-corrected chi connectivity index (χ4v) is 3.40. The molecule has 2 N–H and O–H groups in total. The zero-order valence-electron chi connectivity index (χ0n) is 13.2. The highest BCUT2D eigenvalue weighted by molar-refractivity contribution is 8.13. The Morgan fingerprint density at radius 3 is 2.48 bits per heavy atom. The van der Waals surface area contributed by atoms with E-state index < -0.39 is 0 Å². The van der Waals surface area contributed by atoms with Crippen molar-refractivity contribution in [2.45, 2.75) is 5.75 Å². The molecule has 0 atom stereocenters. The van der Waals surface area contributed by atoms with Gasteiger partial charge in [-0.15, -0.1) is 11.8 Å². The summed E-state index contributed by atoms with van der Waals surface area (Å²) in [6, 6.07) is 12.7. The number of rotatable bonds is 7. The van der Waals surface area contributed by atoms with Gasteiger partial charge in [0.05, 0.1) is 23.6 Å². The van der Waals surface area contributed by atoms with E-state index in [9.17, 15) is 0 Å². The molecule has 0 aliphatic carbocycles. The van der Waals surface area contributed by atoms with E-state index in [0.29, 0.717) is 27.4 Å². The van der Waals surface area contributed by atoms with Crippen LogP contribution in [0.1, 0.15) is 5.56 Å². The van der Waals surface area contributed by atoms with Crippen molar-refractivity contribution < 1.29 is 0 Å². The Hall–Kier alpha value is -1.24. The fourth-order valence-electron chi connectivity index (χ4n) is 1.81. The second-order valence-electron chi connectivity index (χ2n) is 4.86. The normalized spacial score (nSPS) is 11.9. The molecule has 0 saturated carbocycles. The van der Waals surface area contributed by atoms with Crippen molar-refractivity contribution in [2.24, 2.45) is 9.98 Å². The summed E-state index contributed by atoms with van der Waals surface area (Å²) >= 11 is 19.6. The molecule has 2 aromatic rings. The summed E-state index contributed by atoms with van der Waals surface area (Å²) in [5.41, 5.74) is 8.83. The third kappa shape index (κ3) is 7.26. The number of hydrogen-bond acceptors (Lipinski definition) is 3. The highest BCUT2D eigenvalue weighted by Gasteiger charge is 2.06. The standard InChI is InChI=1S/C17H16Cl3N4S/c18-13-3-5-15(6-4-13)24-17(8-22-11-23-10-21)25-9-12-1-2-14(19)7-16(12)20/h1-7,11,21H,8-10H2,(H,22,23)/q-1. The van der Waals surface area contributed by atoms with Crippen LogP contribution in [-0.4, -0.2) is 24.6 Å². The summed E-state index contributed by atoms with van der Waals surface area (Å²) < 4.78 is 0. The van der Waals surface area contributed by atoms with Crippen molar-refractivity contribution in [3.05, 3.63) is 68.8 Å². The van der Waals surface area contributed by atoms with E-state index in [-0.39, 0.29) is 6.67 Å². The van der Waals surface area contributed by atoms with E-state index in [4.69, 9.17) is 40.5 Å². The Morgan fingerprint density at radius 2 is 1.80 bits per heavy atom. The molecule has 8 heteroatoms. The van der Waals surface area contributed by atoms with E-state index in [0.717, 1.165) is 16.3 Å². The Balaban J connectivity index is 2.11. The van der Waals surface area contributed by atoms with Crippen molar-refractivity contribution in [1.82, 2.24) is 5.32 Å². The zero-order chi connectivity index (χ0) is 18.1. The van der Waals surface area contributed by atoms with Crippen LogP contribution in [0.4, 0.5) is 5.69 Å². The number of hydrogen-bond donors (Lipinski definition) is 1. The topological polar surface area (TPSA) is 60.5 Å². The van der Waals surface area contributed by atoms with E-state index in [1.807, 2.05) is 24.3 Å². The van der Waals surface area contributed by atoms with Gasteiger partial charge in [-0.2, -0.15) is 0 Å². The van der Waals surface area contributed by atoms with Gasteiger partial charge >= 0.3 is 0 Å². The highest BCUT2D eigenvalue weighted by Crippen LogP contribution is 2.26. The molecule has 2 rings (SSSR count). The van der Waals surface area contributed by atoms with E-state index >= 15 is 0 Å². The van der Waals surface area contributed by atoms with Gasteiger partial charge in [-0.05, 0) is 42.0 Å². The quantitative estimate of drug-likeness (QED) is 0.430. The maximum absolute atomic E-state index is 7.05. The molecule has 0 aliphatic heterocycles. The van der Waals surface area contributed by atoms with Crippen LogP contribution in [0.15, 0.2) is 52.4 Å². The molecule has 0 unspecified atom stereocenters. The van der Waals surface area contributed by atoms with Gasteiger partial charge in [0.1, 0.15) is 0 Å². The SMILES string of the molecule is [NH-]CNC=NCC(=Nc1ccc(Cl)cc1)SCc1ccc(Cl)cc1Cl. The van der Waals surface area contributed by atoms with Crippen molar-refractivity contribution in [3.8, 4) is 0 Å². The first-order valence-corrected chi connectivity index (χ1v) is 9.46. The number of benzene rings is 2. The lowest BCUT2D eigenvalue weighted by molar-refractivity contribution is 1.06. The summed E-state index contributed by atoms with van der Waals surface area (Å²) in [7, 11) is 0. The third-order valence-electron chi connectivity index (χ3n) is 3.00. The molecule has 4 nitrogen and oxygen atoms in total. The van der Waals surface area contributed by atoms with Gasteiger partial charge in [0.25, 0.3) is 0 Å². The second kappa shape index (κ2) is 10.7. The summed E-state index contributed by atoms with van der Waals surface area (Å²) in [5, 5.41) is 5.46. The van der Waals surface area contributed by atoms with Gasteiger partial charge < -0.3 is 11.1 Å². The minimum atomic E-state index is 0.0840. The largest absolute Gasteiger partial charge is 0.660 e. The van der Waals surface area contributed by atoms with Crippen molar-refractivity contribution in [1.29, 1.82) is 0 Å². The van der Waals surface area contributed by atoms with Crippen LogP contribution >= 0.6 is 46.6 Å². The van der Waals surface area contributed by atoms with E-state index in [2.05, 4.69) is 15.3 Å². The molecular weight excluding hydrogens is 399 g/mol. The zero-order valence-corrected chi connectivity index (χ0v) is 16.3. The molecule has 0 aliphatic rings.